The second kappa shape index (κ2) is 10.8. The zero-order chi connectivity index (χ0) is 14.9. The van der Waals surface area contributed by atoms with Gasteiger partial charge in [0.2, 0.25) is 0 Å². The Bertz CT molecular complexity index is 465. The number of guanidine groups is 1. The van der Waals surface area contributed by atoms with Gasteiger partial charge in [0.1, 0.15) is 0 Å². The number of hydrogen-bond donors (Lipinski definition) is 1. The Labute approximate surface area is 151 Å². The van der Waals surface area contributed by atoms with Crippen LogP contribution in [-0.4, -0.2) is 39.3 Å². The minimum atomic E-state index is 0. The number of unbranched alkanes of at least 4 members (excludes halogenated alkanes) is 2. The molecule has 1 aliphatic rings. The fourth-order valence-electron chi connectivity index (χ4n) is 2.67. The minimum Gasteiger partial charge on any atom is -0.385 e. The lowest BCUT2D eigenvalue weighted by molar-refractivity contribution is 0.192. The zero-order valence-corrected chi connectivity index (χ0v) is 16.0. The topological polar surface area (TPSA) is 36.9 Å². The van der Waals surface area contributed by atoms with Gasteiger partial charge < -0.3 is 15.0 Å². The van der Waals surface area contributed by atoms with Crippen LogP contribution in [0, 0.1) is 0 Å². The Kier molecular flexibility index (Phi) is 9.47. The largest absolute Gasteiger partial charge is 0.385 e. The predicted octanol–water partition coefficient (Wildman–Crippen LogP) is 3.45. The Morgan fingerprint density at radius 1 is 1.27 bits per heavy atom. The van der Waals surface area contributed by atoms with E-state index in [1.807, 2.05) is 0 Å². The maximum atomic E-state index is 5.07. The van der Waals surface area contributed by atoms with E-state index in [4.69, 9.17) is 9.73 Å². The van der Waals surface area contributed by atoms with Crippen molar-refractivity contribution in [3.05, 3.63) is 29.8 Å². The van der Waals surface area contributed by atoms with Gasteiger partial charge in [-0.05, 0) is 44.2 Å². The second-order valence-corrected chi connectivity index (χ2v) is 5.32. The first-order chi connectivity index (χ1) is 10.4. The molecule has 0 saturated heterocycles. The molecule has 0 fully saturated rings. The van der Waals surface area contributed by atoms with Gasteiger partial charge in [-0.15, -0.1) is 24.0 Å². The van der Waals surface area contributed by atoms with Crippen molar-refractivity contribution in [3.8, 4) is 0 Å². The molecule has 1 aromatic carbocycles. The molecule has 5 heteroatoms. The van der Waals surface area contributed by atoms with Gasteiger partial charge in [0, 0.05) is 39.0 Å². The molecule has 0 spiro atoms. The highest BCUT2D eigenvalue weighted by Gasteiger charge is 2.21. The number of para-hydroxylation sites is 1. The van der Waals surface area contributed by atoms with Crippen molar-refractivity contribution in [2.75, 3.05) is 38.3 Å². The van der Waals surface area contributed by atoms with Crippen molar-refractivity contribution in [3.63, 3.8) is 0 Å². The molecule has 1 heterocycles. The summed E-state index contributed by atoms with van der Waals surface area (Å²) in [6.45, 7) is 5.78. The maximum Gasteiger partial charge on any atom is 0.198 e. The van der Waals surface area contributed by atoms with E-state index in [-0.39, 0.29) is 24.0 Å². The van der Waals surface area contributed by atoms with Gasteiger partial charge in [-0.3, -0.25) is 4.99 Å². The average Bonchev–Trinajstić information content (AvgIpc) is 2.93. The van der Waals surface area contributed by atoms with Crippen LogP contribution in [0.2, 0.25) is 0 Å². The van der Waals surface area contributed by atoms with Gasteiger partial charge >= 0.3 is 0 Å². The Balaban J connectivity index is 0.00000242. The quantitative estimate of drug-likeness (QED) is 0.320. The number of anilines is 1. The Morgan fingerprint density at radius 3 is 2.86 bits per heavy atom. The number of nitrogens with zero attached hydrogens (tertiary/aromatic N) is 2. The first-order valence-corrected chi connectivity index (χ1v) is 7.99. The van der Waals surface area contributed by atoms with Crippen LogP contribution in [0.15, 0.2) is 29.3 Å². The van der Waals surface area contributed by atoms with Crippen LogP contribution in [0.5, 0.6) is 0 Å². The maximum absolute atomic E-state index is 5.07. The SMILES string of the molecule is CCNC(=NCCCCCOC)N1CCc2ccccc21.I. The molecule has 0 atom stereocenters. The van der Waals surface area contributed by atoms with Gasteiger partial charge in [-0.25, -0.2) is 0 Å². The van der Waals surface area contributed by atoms with Crippen LogP contribution in [0.3, 0.4) is 0 Å². The van der Waals surface area contributed by atoms with Crippen LogP contribution in [0.25, 0.3) is 0 Å². The highest BCUT2D eigenvalue weighted by Crippen LogP contribution is 2.27. The third kappa shape index (κ3) is 5.43. The van der Waals surface area contributed by atoms with Gasteiger partial charge in [0.15, 0.2) is 5.96 Å². The number of benzene rings is 1. The van der Waals surface area contributed by atoms with Gasteiger partial charge in [-0.2, -0.15) is 0 Å². The molecule has 1 N–H and O–H groups in total. The molecule has 1 aromatic rings. The summed E-state index contributed by atoms with van der Waals surface area (Å²) in [7, 11) is 1.76. The van der Waals surface area contributed by atoms with E-state index >= 15 is 0 Å². The molecule has 0 bridgehead atoms. The van der Waals surface area contributed by atoms with Crippen LogP contribution in [0.1, 0.15) is 31.7 Å². The van der Waals surface area contributed by atoms with E-state index in [9.17, 15) is 0 Å². The van der Waals surface area contributed by atoms with Crippen LogP contribution in [0.4, 0.5) is 5.69 Å². The van der Waals surface area contributed by atoms with E-state index < -0.39 is 0 Å². The van der Waals surface area contributed by atoms with E-state index in [2.05, 4.69) is 41.4 Å². The molecule has 124 valence electrons. The van der Waals surface area contributed by atoms with Crippen molar-refractivity contribution in [2.24, 2.45) is 4.99 Å². The normalized spacial score (nSPS) is 13.7. The molecule has 2 rings (SSSR count). The molecule has 0 aliphatic carbocycles. The summed E-state index contributed by atoms with van der Waals surface area (Å²) in [5.74, 6) is 1.02. The van der Waals surface area contributed by atoms with Crippen molar-refractivity contribution in [2.45, 2.75) is 32.6 Å². The number of fused-ring (bicyclic) bond motifs is 1. The molecule has 0 amide bonds. The third-order valence-electron chi connectivity index (χ3n) is 3.75. The fourth-order valence-corrected chi connectivity index (χ4v) is 2.67. The lowest BCUT2D eigenvalue weighted by atomic mass is 10.2. The first kappa shape index (κ1) is 19.2. The summed E-state index contributed by atoms with van der Waals surface area (Å²) < 4.78 is 5.07. The molecule has 0 unspecified atom stereocenters. The molecule has 22 heavy (non-hydrogen) atoms. The summed E-state index contributed by atoms with van der Waals surface area (Å²) in [6.07, 6.45) is 4.52. The molecule has 1 aliphatic heterocycles. The predicted molar refractivity (Wildman–Crippen MR) is 105 cm³/mol. The number of halogens is 1. The number of aliphatic imine (C=N–C) groups is 1. The van der Waals surface area contributed by atoms with E-state index in [0.717, 1.165) is 51.5 Å². The molecule has 0 radical (unpaired) electrons. The fraction of sp³-hybridized carbons (Fsp3) is 0.588. The van der Waals surface area contributed by atoms with Crippen LogP contribution >= 0.6 is 24.0 Å². The molecule has 0 aromatic heterocycles. The lowest BCUT2D eigenvalue weighted by Crippen LogP contribution is -2.40. The number of ether oxygens (including phenoxy) is 1. The number of hydrogen-bond acceptors (Lipinski definition) is 2. The van der Waals surface area contributed by atoms with Gasteiger partial charge in [0.05, 0.1) is 0 Å². The molecular weight excluding hydrogens is 389 g/mol. The molecular formula is C17H28IN3O. The van der Waals surface area contributed by atoms with Crippen molar-refractivity contribution >= 4 is 35.6 Å². The van der Waals surface area contributed by atoms with Crippen LogP contribution < -0.4 is 10.2 Å². The zero-order valence-electron chi connectivity index (χ0n) is 13.7. The lowest BCUT2D eigenvalue weighted by Gasteiger charge is -2.22. The monoisotopic (exact) mass is 417 g/mol. The smallest absolute Gasteiger partial charge is 0.198 e. The summed E-state index contributed by atoms with van der Waals surface area (Å²) in [5.41, 5.74) is 2.72. The highest BCUT2D eigenvalue weighted by atomic mass is 127. The van der Waals surface area contributed by atoms with Crippen molar-refractivity contribution < 1.29 is 4.74 Å². The standard InChI is InChI=1S/C17H27N3O.HI/c1-3-18-17(19-12-7-4-8-14-21-2)20-13-11-15-9-5-6-10-16(15)20;/h5-6,9-10H,3-4,7-8,11-14H2,1-2H3,(H,18,19);1H. The summed E-state index contributed by atoms with van der Waals surface area (Å²) >= 11 is 0. The van der Waals surface area contributed by atoms with E-state index in [1.54, 1.807) is 7.11 Å². The average molecular weight is 417 g/mol. The van der Waals surface area contributed by atoms with Crippen molar-refractivity contribution in [1.29, 1.82) is 0 Å². The summed E-state index contributed by atoms with van der Waals surface area (Å²) in [4.78, 5) is 7.10. The summed E-state index contributed by atoms with van der Waals surface area (Å²) in [6, 6.07) is 8.62. The van der Waals surface area contributed by atoms with Gasteiger partial charge in [-0.1, -0.05) is 18.2 Å². The molecule has 0 saturated carbocycles. The van der Waals surface area contributed by atoms with Gasteiger partial charge in [0.25, 0.3) is 0 Å². The summed E-state index contributed by atoms with van der Waals surface area (Å²) in [5, 5.41) is 3.42. The first-order valence-electron chi connectivity index (χ1n) is 7.99. The Morgan fingerprint density at radius 2 is 2.09 bits per heavy atom. The second-order valence-electron chi connectivity index (χ2n) is 5.32. The minimum absolute atomic E-state index is 0. The number of methoxy groups -OCH3 is 1. The van der Waals surface area contributed by atoms with Crippen molar-refractivity contribution in [1.82, 2.24) is 5.32 Å². The van der Waals surface area contributed by atoms with E-state index in [0.29, 0.717) is 0 Å². The van der Waals surface area contributed by atoms with Crippen LogP contribution in [-0.2, 0) is 11.2 Å². The molecule has 4 nitrogen and oxygen atoms in total. The van der Waals surface area contributed by atoms with E-state index in [1.165, 1.54) is 17.7 Å². The Hall–Kier alpha value is -0.820. The number of nitrogens with one attached hydrogen (secondary N) is 1. The number of rotatable bonds is 7. The third-order valence-corrected chi connectivity index (χ3v) is 3.75. The highest BCUT2D eigenvalue weighted by molar-refractivity contribution is 14.0.